The third kappa shape index (κ3) is 5.06. The van der Waals surface area contributed by atoms with E-state index in [1.54, 1.807) is 51.4 Å². The lowest BCUT2D eigenvalue weighted by molar-refractivity contribution is 0.413. The summed E-state index contributed by atoms with van der Waals surface area (Å²) in [6.45, 7) is 6.10. The quantitative estimate of drug-likeness (QED) is 0.282. The zero-order valence-corrected chi connectivity index (χ0v) is 21.1. The van der Waals surface area contributed by atoms with Crippen LogP contribution in [0.5, 0.6) is 5.75 Å². The predicted octanol–water partition coefficient (Wildman–Crippen LogP) is 5.66. The van der Waals surface area contributed by atoms with Crippen molar-refractivity contribution in [3.8, 4) is 40.0 Å². The number of nitrogens with one attached hydrogen (secondary N) is 1. The van der Waals surface area contributed by atoms with Crippen LogP contribution >= 0.6 is 10.6 Å². The Balaban J connectivity index is 0.00000361. The maximum absolute atomic E-state index is 10.4. The number of methoxy groups -OCH3 is 1. The van der Waals surface area contributed by atoms with Gasteiger partial charge in [0.05, 0.1) is 35.2 Å². The summed E-state index contributed by atoms with van der Waals surface area (Å²) in [6.07, 6.45) is 1.66. The summed E-state index contributed by atoms with van der Waals surface area (Å²) < 4.78 is 32.3. The van der Waals surface area contributed by atoms with E-state index >= 15 is 0 Å². The van der Waals surface area contributed by atoms with E-state index in [9.17, 15) is 9.11 Å². The minimum atomic E-state index is -2.85. The summed E-state index contributed by atoms with van der Waals surface area (Å²) in [6, 6.07) is 12.8. The normalized spacial score (nSPS) is 12.2. The molecule has 0 bridgehead atoms. The standard InChI is InChI=1S/C25H29N5O4S.H2/c1-15(2)35(31,32)19-9-7-18(8-10-19)21-14-27-16(3)23(28-21)25-30-29-24(34-25)20-11-6-17(13-26-4)12-22(20)33-5;/h6-12,14-15,26,31-32H,13H2,1-5H3;1H. The first kappa shape index (κ1) is 24.8. The molecular weight excluding hydrogens is 466 g/mol. The molecule has 186 valence electrons. The summed E-state index contributed by atoms with van der Waals surface area (Å²) in [5, 5.41) is 11.3. The third-order valence-corrected chi connectivity index (χ3v) is 7.90. The SMILES string of the molecule is CNCc1ccc(-c2nnc(-c3nc(-c4ccc(S(O)(O)C(C)C)cc4)cnc3C)o2)c(OC)c1.[HH]. The molecule has 0 aliphatic rings. The molecular formula is C25H31N5O4S. The second kappa shape index (κ2) is 10.1. The van der Waals surface area contributed by atoms with Crippen LogP contribution in [-0.4, -0.2) is 48.7 Å². The van der Waals surface area contributed by atoms with E-state index in [2.05, 4.69) is 20.5 Å². The van der Waals surface area contributed by atoms with E-state index in [1.165, 1.54) is 0 Å². The fourth-order valence-corrected chi connectivity index (χ4v) is 4.62. The minimum Gasteiger partial charge on any atom is -0.496 e. The van der Waals surface area contributed by atoms with Crippen LogP contribution in [0.1, 0.15) is 26.5 Å². The zero-order valence-electron chi connectivity index (χ0n) is 20.3. The first-order valence-corrected chi connectivity index (χ1v) is 12.7. The van der Waals surface area contributed by atoms with Gasteiger partial charge in [-0.15, -0.1) is 10.2 Å². The van der Waals surface area contributed by atoms with Gasteiger partial charge in [-0.2, -0.15) is 10.6 Å². The molecule has 0 fully saturated rings. The molecule has 4 rings (SSSR count). The van der Waals surface area contributed by atoms with Gasteiger partial charge in [-0.25, -0.2) is 4.98 Å². The Hall–Kier alpha value is -3.31. The van der Waals surface area contributed by atoms with Crippen LogP contribution in [0.25, 0.3) is 34.3 Å². The number of aromatic nitrogens is 4. The Morgan fingerprint density at radius 2 is 1.80 bits per heavy atom. The number of aryl methyl sites for hydroxylation is 1. The average Bonchev–Trinajstić information content (AvgIpc) is 3.34. The molecule has 10 heteroatoms. The summed E-state index contributed by atoms with van der Waals surface area (Å²) >= 11 is 0. The third-order valence-electron chi connectivity index (χ3n) is 5.61. The van der Waals surface area contributed by atoms with E-state index in [0.29, 0.717) is 45.7 Å². The zero-order chi connectivity index (χ0) is 25.2. The summed E-state index contributed by atoms with van der Waals surface area (Å²) in [7, 11) is 0.633. The number of nitrogens with zero attached hydrogens (tertiary/aromatic N) is 4. The smallest absolute Gasteiger partial charge is 0.268 e. The maximum atomic E-state index is 10.4. The lowest BCUT2D eigenvalue weighted by Crippen LogP contribution is -2.10. The highest BCUT2D eigenvalue weighted by molar-refractivity contribution is 8.24. The Labute approximate surface area is 207 Å². The Kier molecular flexibility index (Phi) is 7.18. The van der Waals surface area contributed by atoms with Gasteiger partial charge in [-0.3, -0.25) is 14.1 Å². The molecule has 9 nitrogen and oxygen atoms in total. The van der Waals surface area contributed by atoms with Crippen molar-refractivity contribution in [2.75, 3.05) is 14.2 Å². The number of benzene rings is 2. The molecule has 2 aromatic carbocycles. The predicted molar refractivity (Wildman–Crippen MR) is 139 cm³/mol. The number of hydrogen-bond donors (Lipinski definition) is 3. The van der Waals surface area contributed by atoms with Gasteiger partial charge in [0.25, 0.3) is 11.8 Å². The highest BCUT2D eigenvalue weighted by atomic mass is 32.3. The second-order valence-electron chi connectivity index (χ2n) is 8.33. The monoisotopic (exact) mass is 497 g/mol. The lowest BCUT2D eigenvalue weighted by Gasteiger charge is -2.36. The summed E-state index contributed by atoms with van der Waals surface area (Å²) in [4.78, 5) is 9.67. The molecule has 0 spiro atoms. The van der Waals surface area contributed by atoms with Crippen molar-refractivity contribution < 1.29 is 19.7 Å². The fraction of sp³-hybridized carbons (Fsp3) is 0.280. The minimum absolute atomic E-state index is 0. The van der Waals surface area contributed by atoms with E-state index in [1.807, 2.05) is 32.2 Å². The number of rotatable bonds is 8. The van der Waals surface area contributed by atoms with Crippen molar-refractivity contribution in [2.45, 2.75) is 37.5 Å². The van der Waals surface area contributed by atoms with Crippen LogP contribution in [-0.2, 0) is 6.54 Å². The molecule has 0 saturated heterocycles. The molecule has 2 heterocycles. The Bertz CT molecular complexity index is 1330. The molecule has 2 aromatic heterocycles. The van der Waals surface area contributed by atoms with Gasteiger partial charge in [0.1, 0.15) is 11.4 Å². The van der Waals surface area contributed by atoms with Crippen molar-refractivity contribution in [1.82, 2.24) is 25.5 Å². The lowest BCUT2D eigenvalue weighted by atomic mass is 10.1. The molecule has 0 aliphatic heterocycles. The molecule has 0 aliphatic carbocycles. The van der Waals surface area contributed by atoms with Crippen molar-refractivity contribution in [2.24, 2.45) is 0 Å². The van der Waals surface area contributed by atoms with Crippen LogP contribution in [0.2, 0.25) is 0 Å². The Morgan fingerprint density at radius 1 is 1.09 bits per heavy atom. The Morgan fingerprint density at radius 3 is 2.46 bits per heavy atom. The van der Waals surface area contributed by atoms with Crippen molar-refractivity contribution in [1.29, 1.82) is 0 Å². The molecule has 0 unspecified atom stereocenters. The highest BCUT2D eigenvalue weighted by Gasteiger charge is 2.21. The second-order valence-corrected chi connectivity index (χ2v) is 10.9. The number of hydrogen-bond acceptors (Lipinski definition) is 9. The molecule has 0 radical (unpaired) electrons. The van der Waals surface area contributed by atoms with Gasteiger partial charge in [0.2, 0.25) is 0 Å². The van der Waals surface area contributed by atoms with Gasteiger partial charge < -0.3 is 14.5 Å². The van der Waals surface area contributed by atoms with Gasteiger partial charge in [-0.1, -0.05) is 18.2 Å². The molecule has 0 atom stereocenters. The van der Waals surface area contributed by atoms with Crippen molar-refractivity contribution in [3.05, 3.63) is 59.9 Å². The highest BCUT2D eigenvalue weighted by Crippen LogP contribution is 2.52. The summed E-state index contributed by atoms with van der Waals surface area (Å²) in [5.74, 6) is 1.21. The first-order valence-electron chi connectivity index (χ1n) is 11.1. The molecule has 4 aromatic rings. The van der Waals surface area contributed by atoms with Crippen LogP contribution < -0.4 is 10.1 Å². The number of ether oxygens (including phenoxy) is 1. The van der Waals surface area contributed by atoms with Crippen molar-refractivity contribution in [3.63, 3.8) is 0 Å². The van der Waals surface area contributed by atoms with E-state index in [4.69, 9.17) is 14.1 Å². The van der Waals surface area contributed by atoms with Gasteiger partial charge in [0.15, 0.2) is 0 Å². The molecule has 3 N–H and O–H groups in total. The van der Waals surface area contributed by atoms with Gasteiger partial charge in [-0.05, 0) is 57.6 Å². The van der Waals surface area contributed by atoms with Crippen LogP contribution in [0.3, 0.4) is 0 Å². The molecule has 35 heavy (non-hydrogen) atoms. The van der Waals surface area contributed by atoms with Gasteiger partial charge in [0, 0.05) is 18.8 Å². The summed E-state index contributed by atoms with van der Waals surface area (Å²) in [5.41, 5.74) is 4.26. The fourth-order valence-electron chi connectivity index (χ4n) is 3.54. The van der Waals surface area contributed by atoms with Crippen molar-refractivity contribution >= 4 is 10.6 Å². The van der Waals surface area contributed by atoms with E-state index < -0.39 is 10.6 Å². The van der Waals surface area contributed by atoms with Crippen LogP contribution in [0, 0.1) is 6.92 Å². The van der Waals surface area contributed by atoms with Gasteiger partial charge >= 0.3 is 0 Å². The topological polar surface area (TPSA) is 126 Å². The average molecular weight is 498 g/mol. The van der Waals surface area contributed by atoms with E-state index in [0.717, 1.165) is 11.1 Å². The van der Waals surface area contributed by atoms with Crippen LogP contribution in [0.4, 0.5) is 0 Å². The molecule has 0 saturated carbocycles. The largest absolute Gasteiger partial charge is 0.496 e. The van der Waals surface area contributed by atoms with Crippen LogP contribution in [0.15, 0.2) is 58.0 Å². The maximum Gasteiger partial charge on any atom is 0.268 e. The first-order chi connectivity index (χ1) is 16.7. The molecule has 0 amide bonds. The van der Waals surface area contributed by atoms with E-state index in [-0.39, 0.29) is 12.6 Å².